The van der Waals surface area contributed by atoms with Crippen molar-refractivity contribution in [1.29, 1.82) is 0 Å². The summed E-state index contributed by atoms with van der Waals surface area (Å²) in [6.07, 6.45) is 1.11. The molecule has 1 amide bonds. The van der Waals surface area contributed by atoms with Crippen molar-refractivity contribution in [2.45, 2.75) is 12.5 Å². The summed E-state index contributed by atoms with van der Waals surface area (Å²) in [6, 6.07) is 0.536. The molecule has 0 radical (unpaired) electrons. The summed E-state index contributed by atoms with van der Waals surface area (Å²) in [5.74, 6) is -0.234. The number of nitrogens with zero attached hydrogens (tertiary/aromatic N) is 1. The van der Waals surface area contributed by atoms with E-state index in [2.05, 4.69) is 10.2 Å². The molecule has 4 nitrogen and oxygen atoms in total. The zero-order valence-corrected chi connectivity index (χ0v) is 6.84. The average Bonchev–Trinajstić information content (AvgIpc) is 2.34. The molecule has 0 aromatic carbocycles. The van der Waals surface area contributed by atoms with E-state index in [1.807, 2.05) is 7.05 Å². The van der Waals surface area contributed by atoms with Crippen LogP contribution >= 0.6 is 0 Å². The van der Waals surface area contributed by atoms with Crippen LogP contribution in [-0.4, -0.2) is 43.5 Å². The van der Waals surface area contributed by atoms with E-state index in [0.29, 0.717) is 12.6 Å². The van der Waals surface area contributed by atoms with Gasteiger partial charge in [-0.25, -0.2) is 0 Å². The van der Waals surface area contributed by atoms with Gasteiger partial charge in [-0.1, -0.05) is 0 Å². The molecule has 64 valence electrons. The first-order chi connectivity index (χ1) is 5.22. The highest BCUT2D eigenvalue weighted by Gasteiger charge is 2.21. The molecule has 1 aliphatic heterocycles. The standard InChI is InChI=1S/C7H15N3O/c1-9-6-2-3-10(4-6)5-7(8)11/h6,9H,2-5H2,1H3,(H2,8,11)/t6-/m1/s1. The summed E-state index contributed by atoms with van der Waals surface area (Å²) in [5.41, 5.74) is 5.06. The normalized spacial score (nSPS) is 25.7. The van der Waals surface area contributed by atoms with E-state index < -0.39 is 0 Å². The van der Waals surface area contributed by atoms with Gasteiger partial charge in [0.2, 0.25) is 5.91 Å². The van der Waals surface area contributed by atoms with E-state index in [9.17, 15) is 4.79 Å². The minimum atomic E-state index is -0.234. The summed E-state index contributed by atoms with van der Waals surface area (Å²) < 4.78 is 0. The van der Waals surface area contributed by atoms with Crippen LogP contribution in [0.5, 0.6) is 0 Å². The maximum Gasteiger partial charge on any atom is 0.231 e. The van der Waals surface area contributed by atoms with Gasteiger partial charge in [-0.15, -0.1) is 0 Å². The van der Waals surface area contributed by atoms with Crippen LogP contribution in [-0.2, 0) is 4.79 Å². The molecule has 1 rings (SSSR count). The highest BCUT2D eigenvalue weighted by molar-refractivity contribution is 5.75. The first-order valence-electron chi connectivity index (χ1n) is 3.90. The fourth-order valence-electron chi connectivity index (χ4n) is 1.43. The number of hydrogen-bond acceptors (Lipinski definition) is 3. The van der Waals surface area contributed by atoms with Crippen molar-refractivity contribution in [3.05, 3.63) is 0 Å². The quantitative estimate of drug-likeness (QED) is 0.539. The monoisotopic (exact) mass is 157 g/mol. The van der Waals surface area contributed by atoms with Crippen LogP contribution < -0.4 is 11.1 Å². The summed E-state index contributed by atoms with van der Waals surface area (Å²) in [6.45, 7) is 2.33. The zero-order chi connectivity index (χ0) is 8.27. The lowest BCUT2D eigenvalue weighted by atomic mass is 10.3. The molecule has 0 aliphatic carbocycles. The predicted octanol–water partition coefficient (Wildman–Crippen LogP) is -1.23. The molecule has 1 saturated heterocycles. The lowest BCUT2D eigenvalue weighted by Gasteiger charge is -2.12. The highest BCUT2D eigenvalue weighted by Crippen LogP contribution is 2.06. The molecule has 0 aromatic heterocycles. The van der Waals surface area contributed by atoms with E-state index in [-0.39, 0.29) is 5.91 Å². The first-order valence-corrected chi connectivity index (χ1v) is 3.90. The number of primary amides is 1. The minimum Gasteiger partial charge on any atom is -0.369 e. The molecule has 1 fully saturated rings. The van der Waals surface area contributed by atoms with Gasteiger partial charge in [0.05, 0.1) is 6.54 Å². The average molecular weight is 157 g/mol. The second-order valence-corrected chi connectivity index (χ2v) is 2.98. The van der Waals surface area contributed by atoms with Gasteiger partial charge in [-0.2, -0.15) is 0 Å². The van der Waals surface area contributed by atoms with Gasteiger partial charge in [-0.05, 0) is 13.5 Å². The molecule has 4 heteroatoms. The third kappa shape index (κ3) is 2.48. The highest BCUT2D eigenvalue weighted by atomic mass is 16.1. The van der Waals surface area contributed by atoms with E-state index in [1.54, 1.807) is 0 Å². The number of likely N-dealkylation sites (tertiary alicyclic amines) is 1. The number of carbonyl (C=O) groups is 1. The second-order valence-electron chi connectivity index (χ2n) is 2.98. The van der Waals surface area contributed by atoms with Crippen LogP contribution in [0, 0.1) is 0 Å². The Kier molecular flexibility index (Phi) is 2.84. The maximum absolute atomic E-state index is 10.5. The van der Waals surface area contributed by atoms with Crippen LogP contribution in [0.1, 0.15) is 6.42 Å². The van der Waals surface area contributed by atoms with Crippen molar-refractivity contribution in [3.8, 4) is 0 Å². The molecule has 0 saturated carbocycles. The molecule has 1 atom stereocenters. The zero-order valence-electron chi connectivity index (χ0n) is 6.84. The smallest absolute Gasteiger partial charge is 0.231 e. The predicted molar refractivity (Wildman–Crippen MR) is 43.1 cm³/mol. The van der Waals surface area contributed by atoms with E-state index in [4.69, 9.17) is 5.73 Å². The van der Waals surface area contributed by atoms with Crippen LogP contribution in [0.3, 0.4) is 0 Å². The Morgan fingerprint density at radius 2 is 2.55 bits per heavy atom. The van der Waals surface area contributed by atoms with Crippen molar-refractivity contribution in [2.24, 2.45) is 5.73 Å². The fourth-order valence-corrected chi connectivity index (χ4v) is 1.43. The van der Waals surface area contributed by atoms with Gasteiger partial charge in [-0.3, -0.25) is 9.69 Å². The number of nitrogens with two attached hydrogens (primary N) is 1. The van der Waals surface area contributed by atoms with Gasteiger partial charge in [0.1, 0.15) is 0 Å². The Bertz CT molecular complexity index is 149. The second kappa shape index (κ2) is 3.69. The van der Waals surface area contributed by atoms with Gasteiger partial charge in [0, 0.05) is 19.1 Å². The SMILES string of the molecule is CN[C@@H]1CCN(CC(N)=O)C1. The Morgan fingerprint density at radius 3 is 3.00 bits per heavy atom. The van der Waals surface area contributed by atoms with Crippen LogP contribution in [0.25, 0.3) is 0 Å². The summed E-state index contributed by atoms with van der Waals surface area (Å²) >= 11 is 0. The number of amides is 1. The van der Waals surface area contributed by atoms with Crippen molar-refractivity contribution < 1.29 is 4.79 Å². The molecule has 1 heterocycles. The van der Waals surface area contributed by atoms with E-state index >= 15 is 0 Å². The Hall–Kier alpha value is -0.610. The topological polar surface area (TPSA) is 58.4 Å². The number of nitrogens with one attached hydrogen (secondary N) is 1. The van der Waals surface area contributed by atoms with Gasteiger partial charge < -0.3 is 11.1 Å². The van der Waals surface area contributed by atoms with Crippen molar-refractivity contribution in [2.75, 3.05) is 26.7 Å². The number of hydrogen-bond donors (Lipinski definition) is 2. The molecular formula is C7H15N3O. The third-order valence-corrected chi connectivity index (χ3v) is 2.06. The van der Waals surface area contributed by atoms with E-state index in [0.717, 1.165) is 19.5 Å². The van der Waals surface area contributed by atoms with Gasteiger partial charge in [0.15, 0.2) is 0 Å². The summed E-state index contributed by atoms with van der Waals surface area (Å²) in [4.78, 5) is 12.6. The molecule has 0 bridgehead atoms. The molecule has 11 heavy (non-hydrogen) atoms. The first kappa shape index (κ1) is 8.49. The van der Waals surface area contributed by atoms with Crippen LogP contribution in [0.2, 0.25) is 0 Å². The molecular weight excluding hydrogens is 142 g/mol. The van der Waals surface area contributed by atoms with Crippen molar-refractivity contribution >= 4 is 5.91 Å². The lowest BCUT2D eigenvalue weighted by Crippen LogP contribution is -2.35. The van der Waals surface area contributed by atoms with Gasteiger partial charge >= 0.3 is 0 Å². The molecule has 0 spiro atoms. The van der Waals surface area contributed by atoms with E-state index in [1.165, 1.54) is 0 Å². The van der Waals surface area contributed by atoms with Crippen LogP contribution in [0.15, 0.2) is 0 Å². The maximum atomic E-state index is 10.5. The number of rotatable bonds is 3. The fraction of sp³-hybridized carbons (Fsp3) is 0.857. The van der Waals surface area contributed by atoms with Crippen LogP contribution in [0.4, 0.5) is 0 Å². The summed E-state index contributed by atoms with van der Waals surface area (Å²) in [5, 5.41) is 3.17. The minimum absolute atomic E-state index is 0.234. The number of carbonyl (C=O) groups excluding carboxylic acids is 1. The Labute approximate surface area is 66.7 Å². The molecule has 1 aliphatic rings. The number of likely N-dealkylation sites (N-methyl/N-ethyl adjacent to an activating group) is 1. The molecule has 3 N–H and O–H groups in total. The largest absolute Gasteiger partial charge is 0.369 e. The third-order valence-electron chi connectivity index (χ3n) is 2.06. The molecule has 0 aromatic rings. The van der Waals surface area contributed by atoms with Crippen molar-refractivity contribution in [1.82, 2.24) is 10.2 Å². The van der Waals surface area contributed by atoms with Gasteiger partial charge in [0.25, 0.3) is 0 Å². The lowest BCUT2D eigenvalue weighted by molar-refractivity contribution is -0.118. The molecule has 0 unspecified atom stereocenters. The summed E-state index contributed by atoms with van der Waals surface area (Å²) in [7, 11) is 1.94. The Morgan fingerprint density at radius 1 is 1.82 bits per heavy atom. The Balaban J connectivity index is 2.24. The van der Waals surface area contributed by atoms with Crippen molar-refractivity contribution in [3.63, 3.8) is 0 Å².